The van der Waals surface area contributed by atoms with Gasteiger partial charge in [-0.3, -0.25) is 0 Å². The zero-order valence-corrected chi connectivity index (χ0v) is 16.6. The largest absolute Gasteiger partial charge is 0.155 e. The highest BCUT2D eigenvalue weighted by Gasteiger charge is 2.25. The summed E-state index contributed by atoms with van der Waals surface area (Å²) in [5.41, 5.74) is 2.52. The Balaban J connectivity index is 1.47. The first-order valence-corrected chi connectivity index (χ1v) is 11.1. The maximum atomic E-state index is 4.67. The molecule has 0 unspecified atom stereocenters. The smallest absolute Gasteiger partial charge is 0.0662 e. The van der Waals surface area contributed by atoms with E-state index in [-0.39, 0.29) is 0 Å². The molecule has 25 heavy (non-hydrogen) atoms. The summed E-state index contributed by atoms with van der Waals surface area (Å²) in [5.74, 6) is 3.26. The molecular weight excluding hydrogens is 304 g/mol. The standard InChI is InChI=1S/C23H38N2/c1-3-5-6-7-19-10-14-21(15-11-19)23-17-16-22(24-25-23)20-12-8-18(4-2)9-13-20/h16-21H,3-15H2,1-2H3. The predicted octanol–water partition coefficient (Wildman–Crippen LogP) is 7.01. The Bertz CT molecular complexity index is 479. The van der Waals surface area contributed by atoms with Gasteiger partial charge in [0.25, 0.3) is 0 Å². The van der Waals surface area contributed by atoms with Crippen molar-refractivity contribution in [2.45, 2.75) is 109 Å². The van der Waals surface area contributed by atoms with Gasteiger partial charge in [0.15, 0.2) is 0 Å². The van der Waals surface area contributed by atoms with Gasteiger partial charge in [-0.2, -0.15) is 10.2 Å². The van der Waals surface area contributed by atoms with Crippen molar-refractivity contribution in [3.8, 4) is 0 Å². The topological polar surface area (TPSA) is 25.8 Å². The molecule has 3 rings (SSSR count). The van der Waals surface area contributed by atoms with E-state index in [4.69, 9.17) is 0 Å². The Kier molecular flexibility index (Phi) is 7.31. The second-order valence-electron chi connectivity index (χ2n) is 8.72. The molecule has 2 saturated carbocycles. The SMILES string of the molecule is CCCCCC1CCC(c2ccc(C3CCC(CC)CC3)nn2)CC1. The minimum absolute atomic E-state index is 0.665. The average molecular weight is 343 g/mol. The first-order chi connectivity index (χ1) is 12.3. The Morgan fingerprint density at radius 1 is 0.720 bits per heavy atom. The van der Waals surface area contributed by atoms with E-state index in [1.165, 1.54) is 94.9 Å². The zero-order valence-electron chi connectivity index (χ0n) is 16.6. The van der Waals surface area contributed by atoms with Crippen molar-refractivity contribution in [3.63, 3.8) is 0 Å². The van der Waals surface area contributed by atoms with E-state index in [9.17, 15) is 0 Å². The summed E-state index contributed by atoms with van der Waals surface area (Å²) in [6, 6.07) is 4.60. The molecule has 2 nitrogen and oxygen atoms in total. The number of aromatic nitrogens is 2. The van der Waals surface area contributed by atoms with E-state index in [1.807, 2.05) is 0 Å². The van der Waals surface area contributed by atoms with Gasteiger partial charge in [-0.1, -0.05) is 46.0 Å². The van der Waals surface area contributed by atoms with Crippen LogP contribution >= 0.6 is 0 Å². The predicted molar refractivity (Wildman–Crippen MR) is 106 cm³/mol. The van der Waals surface area contributed by atoms with Gasteiger partial charge in [0.2, 0.25) is 0 Å². The van der Waals surface area contributed by atoms with Crippen molar-refractivity contribution in [1.82, 2.24) is 10.2 Å². The first kappa shape index (κ1) is 18.9. The van der Waals surface area contributed by atoms with Crippen LogP contribution < -0.4 is 0 Å². The molecule has 0 atom stereocenters. The molecule has 0 N–H and O–H groups in total. The van der Waals surface area contributed by atoms with Gasteiger partial charge >= 0.3 is 0 Å². The molecule has 1 heterocycles. The second-order valence-corrected chi connectivity index (χ2v) is 8.72. The minimum atomic E-state index is 0.665. The van der Waals surface area contributed by atoms with Crippen LogP contribution in [0.2, 0.25) is 0 Å². The van der Waals surface area contributed by atoms with Crippen molar-refractivity contribution < 1.29 is 0 Å². The second kappa shape index (κ2) is 9.69. The highest BCUT2D eigenvalue weighted by Crippen LogP contribution is 2.38. The summed E-state index contributed by atoms with van der Waals surface area (Å²) >= 11 is 0. The Hall–Kier alpha value is -0.920. The van der Waals surface area contributed by atoms with E-state index >= 15 is 0 Å². The van der Waals surface area contributed by atoms with Crippen LogP contribution in [-0.4, -0.2) is 10.2 Å². The molecule has 0 spiro atoms. The molecule has 2 aliphatic carbocycles. The van der Waals surface area contributed by atoms with Crippen LogP contribution in [0.25, 0.3) is 0 Å². The molecule has 0 amide bonds. The molecule has 0 aliphatic heterocycles. The molecular formula is C23H38N2. The third-order valence-electron chi connectivity index (χ3n) is 7.03. The lowest BCUT2D eigenvalue weighted by Gasteiger charge is -2.29. The van der Waals surface area contributed by atoms with Crippen molar-refractivity contribution in [3.05, 3.63) is 23.5 Å². The molecule has 2 fully saturated rings. The lowest BCUT2D eigenvalue weighted by molar-refractivity contribution is 0.298. The fourth-order valence-electron chi connectivity index (χ4n) is 5.08. The summed E-state index contributed by atoms with van der Waals surface area (Å²) in [6.07, 6.45) is 17.8. The van der Waals surface area contributed by atoms with Crippen LogP contribution in [0.4, 0.5) is 0 Å². The van der Waals surface area contributed by atoms with Gasteiger partial charge in [-0.15, -0.1) is 0 Å². The normalized spacial score (nSPS) is 30.3. The van der Waals surface area contributed by atoms with Crippen molar-refractivity contribution >= 4 is 0 Å². The van der Waals surface area contributed by atoms with Crippen LogP contribution in [-0.2, 0) is 0 Å². The van der Waals surface area contributed by atoms with Crippen molar-refractivity contribution in [2.24, 2.45) is 11.8 Å². The van der Waals surface area contributed by atoms with Crippen LogP contribution in [0.5, 0.6) is 0 Å². The number of unbranched alkanes of at least 4 members (excludes halogenated alkanes) is 2. The molecule has 0 radical (unpaired) electrons. The molecule has 0 aromatic carbocycles. The van der Waals surface area contributed by atoms with Gasteiger partial charge in [0, 0.05) is 11.8 Å². The number of nitrogens with zero attached hydrogens (tertiary/aromatic N) is 2. The lowest BCUT2D eigenvalue weighted by atomic mass is 9.78. The van der Waals surface area contributed by atoms with Crippen molar-refractivity contribution in [2.75, 3.05) is 0 Å². The Morgan fingerprint density at radius 3 is 1.68 bits per heavy atom. The summed E-state index contributed by atoms with van der Waals surface area (Å²) in [7, 11) is 0. The van der Waals surface area contributed by atoms with Gasteiger partial charge in [-0.05, 0) is 75.3 Å². The van der Waals surface area contributed by atoms with E-state index < -0.39 is 0 Å². The maximum Gasteiger partial charge on any atom is 0.0662 e. The Morgan fingerprint density at radius 2 is 1.24 bits per heavy atom. The van der Waals surface area contributed by atoms with E-state index in [1.54, 1.807) is 0 Å². The third-order valence-corrected chi connectivity index (χ3v) is 7.03. The van der Waals surface area contributed by atoms with Crippen LogP contribution in [0.1, 0.15) is 121 Å². The number of rotatable bonds is 7. The summed E-state index contributed by atoms with van der Waals surface area (Å²) in [6.45, 7) is 4.63. The average Bonchev–Trinajstić information content (AvgIpc) is 2.69. The summed E-state index contributed by atoms with van der Waals surface area (Å²) in [4.78, 5) is 0. The van der Waals surface area contributed by atoms with Gasteiger partial charge in [0.05, 0.1) is 11.4 Å². The maximum absolute atomic E-state index is 4.67. The molecule has 0 saturated heterocycles. The number of hydrogen-bond acceptors (Lipinski definition) is 2. The molecule has 2 heteroatoms. The van der Waals surface area contributed by atoms with E-state index in [2.05, 4.69) is 36.2 Å². The molecule has 0 bridgehead atoms. The summed E-state index contributed by atoms with van der Waals surface area (Å²) in [5, 5.41) is 9.33. The molecule has 1 aromatic rings. The monoisotopic (exact) mass is 342 g/mol. The first-order valence-electron chi connectivity index (χ1n) is 11.1. The molecule has 1 aromatic heterocycles. The van der Waals surface area contributed by atoms with Gasteiger partial charge < -0.3 is 0 Å². The number of hydrogen-bond donors (Lipinski definition) is 0. The van der Waals surface area contributed by atoms with E-state index in [0.29, 0.717) is 11.8 Å². The van der Waals surface area contributed by atoms with Crippen LogP contribution in [0.3, 0.4) is 0 Å². The lowest BCUT2D eigenvalue weighted by Crippen LogP contribution is -2.16. The van der Waals surface area contributed by atoms with Gasteiger partial charge in [0.1, 0.15) is 0 Å². The highest BCUT2D eigenvalue weighted by molar-refractivity contribution is 5.15. The quantitative estimate of drug-likeness (QED) is 0.498. The fraction of sp³-hybridized carbons (Fsp3) is 0.826. The molecule has 2 aliphatic rings. The molecule has 140 valence electrons. The van der Waals surface area contributed by atoms with Gasteiger partial charge in [-0.25, -0.2) is 0 Å². The fourth-order valence-corrected chi connectivity index (χ4v) is 5.08. The summed E-state index contributed by atoms with van der Waals surface area (Å²) < 4.78 is 0. The van der Waals surface area contributed by atoms with Crippen molar-refractivity contribution in [1.29, 1.82) is 0 Å². The van der Waals surface area contributed by atoms with Crippen LogP contribution in [0, 0.1) is 11.8 Å². The zero-order chi connectivity index (χ0) is 17.5. The Labute approximate surface area is 155 Å². The minimum Gasteiger partial charge on any atom is -0.155 e. The van der Waals surface area contributed by atoms with E-state index in [0.717, 1.165) is 11.8 Å². The third kappa shape index (κ3) is 5.28. The highest BCUT2D eigenvalue weighted by atomic mass is 15.1. The van der Waals surface area contributed by atoms with Crippen LogP contribution in [0.15, 0.2) is 12.1 Å².